The molecule has 6 nitrogen and oxygen atoms in total. The second-order valence-corrected chi connectivity index (χ2v) is 6.01. The van der Waals surface area contributed by atoms with Crippen molar-refractivity contribution in [3.63, 3.8) is 0 Å². The van der Waals surface area contributed by atoms with E-state index >= 15 is 0 Å². The Morgan fingerprint density at radius 3 is 2.38 bits per heavy atom. The zero-order valence-corrected chi connectivity index (χ0v) is 16.5. The Balaban J connectivity index is 1.91. The van der Waals surface area contributed by atoms with E-state index in [1.807, 2.05) is 12.1 Å². The SMILES string of the molecule is CN=C(NCc1cccc(OCC(F)(F)F)c1)NCc1ccc(OC)cc1OC. The summed E-state index contributed by atoms with van der Waals surface area (Å²) >= 11 is 0. The van der Waals surface area contributed by atoms with E-state index in [0.717, 1.165) is 11.1 Å². The Morgan fingerprint density at radius 2 is 1.72 bits per heavy atom. The molecule has 0 spiro atoms. The summed E-state index contributed by atoms with van der Waals surface area (Å²) in [5.41, 5.74) is 1.67. The number of halogens is 3. The number of guanidine groups is 1. The molecule has 0 unspecified atom stereocenters. The number of aliphatic imine (C=N–C) groups is 1. The van der Waals surface area contributed by atoms with Crippen LogP contribution in [-0.4, -0.2) is 40.0 Å². The van der Waals surface area contributed by atoms with Crippen LogP contribution in [0.15, 0.2) is 47.5 Å². The van der Waals surface area contributed by atoms with Gasteiger partial charge in [0.1, 0.15) is 17.2 Å². The Kier molecular flexibility index (Phi) is 7.99. The van der Waals surface area contributed by atoms with Gasteiger partial charge in [0.15, 0.2) is 12.6 Å². The molecule has 2 aromatic carbocycles. The number of rotatable bonds is 8. The molecule has 0 aromatic heterocycles. The lowest BCUT2D eigenvalue weighted by molar-refractivity contribution is -0.153. The molecule has 0 fully saturated rings. The van der Waals surface area contributed by atoms with Gasteiger partial charge in [0.2, 0.25) is 0 Å². The maximum atomic E-state index is 12.3. The number of alkyl halides is 3. The normalized spacial score (nSPS) is 11.7. The topological polar surface area (TPSA) is 64.1 Å². The Labute approximate surface area is 167 Å². The summed E-state index contributed by atoms with van der Waals surface area (Å²) < 4.78 is 52.2. The monoisotopic (exact) mass is 411 g/mol. The van der Waals surface area contributed by atoms with Crippen LogP contribution in [0.3, 0.4) is 0 Å². The molecule has 2 aromatic rings. The summed E-state index contributed by atoms with van der Waals surface area (Å²) in [5.74, 6) is 2.07. The van der Waals surface area contributed by atoms with Crippen LogP contribution in [0.25, 0.3) is 0 Å². The van der Waals surface area contributed by atoms with Gasteiger partial charge in [-0.1, -0.05) is 12.1 Å². The van der Waals surface area contributed by atoms with E-state index in [2.05, 4.69) is 15.6 Å². The first-order chi connectivity index (χ1) is 13.8. The molecule has 9 heteroatoms. The van der Waals surface area contributed by atoms with Crippen molar-refractivity contribution in [2.24, 2.45) is 4.99 Å². The summed E-state index contributed by atoms with van der Waals surface area (Å²) in [6.07, 6.45) is -4.37. The number of benzene rings is 2. The van der Waals surface area contributed by atoms with Gasteiger partial charge in [0.05, 0.1) is 14.2 Å². The third-order valence-corrected chi connectivity index (χ3v) is 3.93. The molecule has 158 valence electrons. The van der Waals surface area contributed by atoms with Crippen molar-refractivity contribution in [1.29, 1.82) is 0 Å². The van der Waals surface area contributed by atoms with Gasteiger partial charge >= 0.3 is 6.18 Å². The lowest BCUT2D eigenvalue weighted by Crippen LogP contribution is -2.36. The summed E-state index contributed by atoms with van der Waals surface area (Å²) in [7, 11) is 4.80. The van der Waals surface area contributed by atoms with E-state index in [-0.39, 0.29) is 5.75 Å². The lowest BCUT2D eigenvalue weighted by Gasteiger charge is -2.15. The van der Waals surface area contributed by atoms with E-state index in [1.165, 1.54) is 6.07 Å². The zero-order chi connectivity index (χ0) is 21.3. The molecule has 0 heterocycles. The van der Waals surface area contributed by atoms with Gasteiger partial charge in [-0.2, -0.15) is 13.2 Å². The van der Waals surface area contributed by atoms with Gasteiger partial charge in [-0.15, -0.1) is 0 Å². The van der Waals surface area contributed by atoms with Crippen molar-refractivity contribution in [2.45, 2.75) is 19.3 Å². The lowest BCUT2D eigenvalue weighted by atomic mass is 10.2. The number of hydrogen-bond donors (Lipinski definition) is 2. The van der Waals surface area contributed by atoms with Crippen LogP contribution in [0.5, 0.6) is 17.2 Å². The Morgan fingerprint density at radius 1 is 0.966 bits per heavy atom. The molecule has 0 saturated heterocycles. The molecule has 2 N–H and O–H groups in total. The average Bonchev–Trinajstić information content (AvgIpc) is 2.72. The number of nitrogens with one attached hydrogen (secondary N) is 2. The molecular weight excluding hydrogens is 387 g/mol. The van der Waals surface area contributed by atoms with Gasteiger partial charge in [0, 0.05) is 31.8 Å². The fraction of sp³-hybridized carbons (Fsp3) is 0.350. The van der Waals surface area contributed by atoms with Crippen molar-refractivity contribution in [3.05, 3.63) is 53.6 Å². The quantitative estimate of drug-likeness (QED) is 0.514. The van der Waals surface area contributed by atoms with E-state index < -0.39 is 12.8 Å². The molecule has 0 atom stereocenters. The summed E-state index contributed by atoms with van der Waals surface area (Å²) in [4.78, 5) is 4.15. The maximum absolute atomic E-state index is 12.3. The minimum absolute atomic E-state index is 0.160. The maximum Gasteiger partial charge on any atom is 0.422 e. The summed E-state index contributed by atoms with van der Waals surface area (Å²) in [6.45, 7) is -0.499. The van der Waals surface area contributed by atoms with Gasteiger partial charge in [-0.3, -0.25) is 4.99 Å². The number of nitrogens with zero attached hydrogens (tertiary/aromatic N) is 1. The molecule has 2 rings (SSSR count). The van der Waals surface area contributed by atoms with E-state index in [4.69, 9.17) is 14.2 Å². The number of hydrogen-bond acceptors (Lipinski definition) is 4. The molecule has 0 aliphatic carbocycles. The first-order valence-corrected chi connectivity index (χ1v) is 8.78. The van der Waals surface area contributed by atoms with Crippen LogP contribution >= 0.6 is 0 Å². The highest BCUT2D eigenvalue weighted by Gasteiger charge is 2.28. The van der Waals surface area contributed by atoms with Gasteiger partial charge in [-0.05, 0) is 29.8 Å². The van der Waals surface area contributed by atoms with Crippen LogP contribution in [0.1, 0.15) is 11.1 Å². The molecular formula is C20H24F3N3O3. The Bertz CT molecular complexity index is 826. The minimum atomic E-state index is -4.37. The van der Waals surface area contributed by atoms with Crippen molar-refractivity contribution in [2.75, 3.05) is 27.9 Å². The van der Waals surface area contributed by atoms with Gasteiger partial charge < -0.3 is 24.8 Å². The predicted octanol–water partition coefficient (Wildman–Crippen LogP) is 3.51. The fourth-order valence-corrected chi connectivity index (χ4v) is 2.49. The highest BCUT2D eigenvalue weighted by molar-refractivity contribution is 5.79. The molecule has 29 heavy (non-hydrogen) atoms. The van der Waals surface area contributed by atoms with Gasteiger partial charge in [0.25, 0.3) is 0 Å². The smallest absolute Gasteiger partial charge is 0.422 e. The third kappa shape index (κ3) is 7.44. The van der Waals surface area contributed by atoms with Crippen LogP contribution in [0, 0.1) is 0 Å². The first kappa shape index (κ1) is 22.2. The highest BCUT2D eigenvalue weighted by Crippen LogP contribution is 2.24. The number of methoxy groups -OCH3 is 2. The van der Waals surface area contributed by atoms with Crippen LogP contribution in [0.4, 0.5) is 13.2 Å². The van der Waals surface area contributed by atoms with Crippen molar-refractivity contribution >= 4 is 5.96 Å². The van der Waals surface area contributed by atoms with Crippen molar-refractivity contribution in [3.8, 4) is 17.2 Å². The van der Waals surface area contributed by atoms with Crippen LogP contribution in [-0.2, 0) is 13.1 Å². The van der Waals surface area contributed by atoms with Crippen molar-refractivity contribution < 1.29 is 27.4 Å². The largest absolute Gasteiger partial charge is 0.497 e. The molecule has 0 bridgehead atoms. The fourth-order valence-electron chi connectivity index (χ4n) is 2.49. The van der Waals surface area contributed by atoms with Crippen LogP contribution < -0.4 is 24.8 Å². The standard InChI is InChI=1S/C20H24F3N3O3/c1-24-19(26-12-15-7-8-16(27-2)10-18(15)28-3)25-11-14-5-4-6-17(9-14)29-13-20(21,22)23/h4-10H,11-13H2,1-3H3,(H2,24,25,26). The second kappa shape index (κ2) is 10.4. The molecule has 0 saturated carbocycles. The molecule has 0 aliphatic heterocycles. The average molecular weight is 411 g/mol. The second-order valence-electron chi connectivity index (χ2n) is 6.01. The number of ether oxygens (including phenoxy) is 3. The summed E-state index contributed by atoms with van der Waals surface area (Å²) in [6, 6.07) is 12.0. The van der Waals surface area contributed by atoms with Crippen molar-refractivity contribution in [1.82, 2.24) is 10.6 Å². The third-order valence-electron chi connectivity index (χ3n) is 3.93. The van der Waals surface area contributed by atoms with Gasteiger partial charge in [-0.25, -0.2) is 0 Å². The molecule has 0 radical (unpaired) electrons. The molecule has 0 aliphatic rings. The highest BCUT2D eigenvalue weighted by atomic mass is 19.4. The van der Waals surface area contributed by atoms with E-state index in [1.54, 1.807) is 45.5 Å². The summed E-state index contributed by atoms with van der Waals surface area (Å²) in [5, 5.41) is 6.28. The minimum Gasteiger partial charge on any atom is -0.497 e. The van der Waals surface area contributed by atoms with E-state index in [0.29, 0.717) is 30.5 Å². The Hall–Kier alpha value is -3.10. The molecule has 0 amide bonds. The zero-order valence-electron chi connectivity index (χ0n) is 16.5. The van der Waals surface area contributed by atoms with E-state index in [9.17, 15) is 13.2 Å². The predicted molar refractivity (Wildman–Crippen MR) is 105 cm³/mol. The van der Waals surface area contributed by atoms with Crippen LogP contribution in [0.2, 0.25) is 0 Å². The first-order valence-electron chi connectivity index (χ1n) is 8.78.